The highest BCUT2D eigenvalue weighted by Crippen LogP contribution is 2.23. The number of hydrogen-bond acceptors (Lipinski definition) is 4. The second-order valence-electron chi connectivity index (χ2n) is 7.13. The van der Waals surface area contributed by atoms with Crippen LogP contribution in [0.2, 0.25) is 5.02 Å². The van der Waals surface area contributed by atoms with Crippen molar-refractivity contribution in [1.29, 1.82) is 0 Å². The van der Waals surface area contributed by atoms with Gasteiger partial charge in [0.2, 0.25) is 0 Å². The third kappa shape index (κ3) is 4.63. The van der Waals surface area contributed by atoms with Crippen LogP contribution < -0.4 is 10.1 Å². The molecule has 0 fully saturated rings. The predicted molar refractivity (Wildman–Crippen MR) is 118 cm³/mol. The minimum atomic E-state index is -0.236. The summed E-state index contributed by atoms with van der Waals surface area (Å²) in [4.78, 5) is 16.8. The summed E-state index contributed by atoms with van der Waals surface area (Å²) in [7, 11) is 0. The van der Waals surface area contributed by atoms with E-state index in [4.69, 9.17) is 20.8 Å². The molecule has 0 spiro atoms. The zero-order valence-electron chi connectivity index (χ0n) is 16.7. The van der Waals surface area contributed by atoms with Crippen LogP contribution in [-0.4, -0.2) is 17.5 Å². The van der Waals surface area contributed by atoms with Crippen molar-refractivity contribution in [3.8, 4) is 5.75 Å². The van der Waals surface area contributed by atoms with Gasteiger partial charge in [0, 0.05) is 17.1 Å². The molecule has 0 aliphatic rings. The Balaban J connectivity index is 1.41. The topological polar surface area (TPSA) is 64.4 Å². The van der Waals surface area contributed by atoms with E-state index in [0.717, 1.165) is 16.7 Å². The van der Waals surface area contributed by atoms with Gasteiger partial charge in [-0.25, -0.2) is 4.98 Å². The molecular formula is C24H21ClN2O3. The first-order valence-corrected chi connectivity index (χ1v) is 9.98. The van der Waals surface area contributed by atoms with Crippen LogP contribution in [-0.2, 0) is 11.2 Å². The number of fused-ring (bicyclic) bond motifs is 1. The summed E-state index contributed by atoms with van der Waals surface area (Å²) in [5, 5.41) is 3.54. The molecule has 0 saturated heterocycles. The molecule has 0 saturated carbocycles. The molecule has 0 aliphatic heterocycles. The lowest BCUT2D eigenvalue weighted by Gasteiger charge is -2.11. The lowest BCUT2D eigenvalue weighted by molar-refractivity contribution is -0.118. The number of halogens is 1. The average molecular weight is 421 g/mol. The fourth-order valence-electron chi connectivity index (χ4n) is 3.13. The van der Waals surface area contributed by atoms with Crippen LogP contribution in [0.4, 0.5) is 5.69 Å². The first-order valence-electron chi connectivity index (χ1n) is 9.61. The summed E-state index contributed by atoms with van der Waals surface area (Å²) < 4.78 is 11.5. The number of ether oxygens (including phenoxy) is 1. The van der Waals surface area contributed by atoms with E-state index in [1.165, 1.54) is 0 Å². The van der Waals surface area contributed by atoms with Crippen LogP contribution in [0.3, 0.4) is 0 Å². The minimum Gasteiger partial charge on any atom is -0.483 e. The molecule has 5 nitrogen and oxygen atoms in total. The zero-order valence-corrected chi connectivity index (χ0v) is 17.5. The smallest absolute Gasteiger partial charge is 0.262 e. The van der Waals surface area contributed by atoms with Crippen LogP contribution in [0.5, 0.6) is 5.75 Å². The Morgan fingerprint density at radius 2 is 1.90 bits per heavy atom. The molecule has 6 heteroatoms. The second kappa shape index (κ2) is 8.59. The Morgan fingerprint density at radius 3 is 2.70 bits per heavy atom. The van der Waals surface area contributed by atoms with Crippen LogP contribution in [0, 0.1) is 13.8 Å². The molecule has 152 valence electrons. The number of anilines is 1. The van der Waals surface area contributed by atoms with Gasteiger partial charge < -0.3 is 14.5 Å². The Morgan fingerprint density at radius 1 is 1.10 bits per heavy atom. The molecule has 4 aromatic rings. The molecule has 0 aliphatic carbocycles. The summed E-state index contributed by atoms with van der Waals surface area (Å²) in [6.07, 6.45) is 0.567. The summed E-state index contributed by atoms with van der Waals surface area (Å²) in [5.41, 5.74) is 5.21. The third-order valence-electron chi connectivity index (χ3n) is 4.90. The number of aromatic nitrogens is 1. The van der Waals surface area contributed by atoms with Gasteiger partial charge in [-0.2, -0.15) is 0 Å². The number of nitrogens with zero attached hydrogens (tertiary/aromatic N) is 1. The van der Waals surface area contributed by atoms with Crippen LogP contribution >= 0.6 is 11.6 Å². The molecule has 4 rings (SSSR count). The van der Waals surface area contributed by atoms with Crippen LogP contribution in [0.15, 0.2) is 65.1 Å². The second-order valence-corrected chi connectivity index (χ2v) is 7.56. The average Bonchev–Trinajstić information content (AvgIpc) is 3.12. The summed E-state index contributed by atoms with van der Waals surface area (Å²) >= 11 is 5.93. The van der Waals surface area contributed by atoms with Gasteiger partial charge in [-0.15, -0.1) is 0 Å². The number of amides is 1. The van der Waals surface area contributed by atoms with Crippen molar-refractivity contribution in [2.75, 3.05) is 11.9 Å². The summed E-state index contributed by atoms with van der Waals surface area (Å²) in [6.45, 7) is 3.92. The number of hydrogen-bond donors (Lipinski definition) is 1. The number of oxazole rings is 1. The van der Waals surface area contributed by atoms with E-state index < -0.39 is 0 Å². The van der Waals surface area contributed by atoms with Gasteiger partial charge in [-0.1, -0.05) is 35.9 Å². The molecule has 0 radical (unpaired) electrons. The molecule has 1 heterocycles. The lowest BCUT2D eigenvalue weighted by Crippen LogP contribution is -2.20. The van der Waals surface area contributed by atoms with Gasteiger partial charge in [0.1, 0.15) is 11.3 Å². The maximum atomic E-state index is 12.3. The van der Waals surface area contributed by atoms with Crippen molar-refractivity contribution in [3.05, 3.63) is 88.3 Å². The molecule has 30 heavy (non-hydrogen) atoms. The monoisotopic (exact) mass is 420 g/mol. The van der Waals surface area contributed by atoms with Crippen molar-refractivity contribution in [2.24, 2.45) is 0 Å². The summed E-state index contributed by atoms with van der Waals surface area (Å²) in [5.74, 6) is 1.08. The first-order chi connectivity index (χ1) is 14.5. The normalized spacial score (nSPS) is 10.9. The zero-order chi connectivity index (χ0) is 21.1. The van der Waals surface area contributed by atoms with E-state index in [1.807, 2.05) is 56.3 Å². The number of benzene rings is 3. The van der Waals surface area contributed by atoms with Crippen molar-refractivity contribution in [2.45, 2.75) is 20.3 Å². The highest BCUT2D eigenvalue weighted by molar-refractivity contribution is 6.30. The fraction of sp³-hybridized carbons (Fsp3) is 0.167. The fourth-order valence-corrected chi connectivity index (χ4v) is 3.25. The van der Waals surface area contributed by atoms with Gasteiger partial charge in [-0.05, 0) is 66.9 Å². The highest BCUT2D eigenvalue weighted by atomic mass is 35.5. The molecule has 0 unspecified atom stereocenters. The number of nitrogens with one attached hydrogen (secondary N) is 1. The van der Waals surface area contributed by atoms with E-state index in [-0.39, 0.29) is 12.5 Å². The van der Waals surface area contributed by atoms with Crippen molar-refractivity contribution < 1.29 is 13.9 Å². The van der Waals surface area contributed by atoms with Gasteiger partial charge >= 0.3 is 0 Å². The maximum absolute atomic E-state index is 12.3. The molecular weight excluding hydrogens is 400 g/mol. The molecule has 1 N–H and O–H groups in total. The lowest BCUT2D eigenvalue weighted by atomic mass is 10.1. The first kappa shape index (κ1) is 20.0. The van der Waals surface area contributed by atoms with E-state index in [9.17, 15) is 4.79 Å². The molecule has 3 aromatic carbocycles. The third-order valence-corrected chi connectivity index (χ3v) is 5.15. The van der Waals surface area contributed by atoms with E-state index in [2.05, 4.69) is 10.3 Å². The molecule has 1 aromatic heterocycles. The number of aryl methyl sites for hydroxylation is 1. The van der Waals surface area contributed by atoms with Crippen molar-refractivity contribution >= 4 is 34.3 Å². The molecule has 0 bridgehead atoms. The van der Waals surface area contributed by atoms with E-state index in [0.29, 0.717) is 39.9 Å². The molecule has 1 amide bonds. The standard InChI is InChI=1S/C24H21ClN2O3/c1-15-4-3-5-21(16(15)2)29-14-23(28)26-19-10-11-22-20(13-19)27-24(30-22)12-17-6-8-18(25)9-7-17/h3-11,13H,12,14H2,1-2H3,(H,26,28). The maximum Gasteiger partial charge on any atom is 0.262 e. The van der Waals surface area contributed by atoms with E-state index >= 15 is 0 Å². The van der Waals surface area contributed by atoms with E-state index in [1.54, 1.807) is 18.2 Å². The SMILES string of the molecule is Cc1cccc(OCC(=O)Nc2ccc3oc(Cc4ccc(Cl)cc4)nc3c2)c1C. The van der Waals surface area contributed by atoms with Gasteiger partial charge in [0.15, 0.2) is 18.1 Å². The molecule has 0 atom stereocenters. The van der Waals surface area contributed by atoms with Gasteiger partial charge in [0.05, 0.1) is 0 Å². The van der Waals surface area contributed by atoms with Gasteiger partial charge in [0.25, 0.3) is 5.91 Å². The highest BCUT2D eigenvalue weighted by Gasteiger charge is 2.10. The minimum absolute atomic E-state index is 0.0665. The number of rotatable bonds is 6. The quantitative estimate of drug-likeness (QED) is 0.434. The Labute approximate surface area is 179 Å². The number of carbonyl (C=O) groups is 1. The van der Waals surface area contributed by atoms with Crippen LogP contribution in [0.25, 0.3) is 11.1 Å². The van der Waals surface area contributed by atoms with Gasteiger partial charge in [-0.3, -0.25) is 4.79 Å². The Kier molecular flexibility index (Phi) is 5.72. The Hall–Kier alpha value is -3.31. The van der Waals surface area contributed by atoms with Crippen LogP contribution in [0.1, 0.15) is 22.6 Å². The van der Waals surface area contributed by atoms with Crippen molar-refractivity contribution in [3.63, 3.8) is 0 Å². The predicted octanol–water partition coefficient (Wildman–Crippen LogP) is 5.71. The Bertz CT molecular complexity index is 1200. The van der Waals surface area contributed by atoms with Crippen molar-refractivity contribution in [1.82, 2.24) is 4.98 Å². The largest absolute Gasteiger partial charge is 0.483 e. The summed E-state index contributed by atoms with van der Waals surface area (Å²) in [6, 6.07) is 18.7. The number of carbonyl (C=O) groups excluding carboxylic acids is 1.